The van der Waals surface area contributed by atoms with E-state index in [1.807, 2.05) is 6.07 Å². The maximum Gasteiger partial charge on any atom is 0.251 e. The summed E-state index contributed by atoms with van der Waals surface area (Å²) in [5.41, 5.74) is 0.544. The molecule has 0 bridgehead atoms. The number of aromatic nitrogens is 2. The predicted octanol–water partition coefficient (Wildman–Crippen LogP) is 1.33. The molecule has 0 saturated heterocycles. The lowest BCUT2D eigenvalue weighted by Crippen LogP contribution is -2.42. The van der Waals surface area contributed by atoms with Crippen LogP contribution in [0.2, 0.25) is 5.15 Å². The highest BCUT2D eigenvalue weighted by molar-refractivity contribution is 6.29. The number of anilines is 1. The SMILES string of the molecule is O=C(NC(CO)CNc1ccc(Cl)nn1)c1ccccc1. The summed E-state index contributed by atoms with van der Waals surface area (Å²) in [6.07, 6.45) is 0. The molecule has 2 rings (SSSR count). The maximum absolute atomic E-state index is 12.0. The summed E-state index contributed by atoms with van der Waals surface area (Å²) in [4.78, 5) is 12.0. The van der Waals surface area contributed by atoms with E-state index in [2.05, 4.69) is 20.8 Å². The molecule has 1 unspecified atom stereocenters. The molecule has 6 nitrogen and oxygen atoms in total. The van der Waals surface area contributed by atoms with E-state index in [1.165, 1.54) is 0 Å². The lowest BCUT2D eigenvalue weighted by molar-refractivity contribution is 0.0920. The molecule has 0 radical (unpaired) electrons. The van der Waals surface area contributed by atoms with Crippen molar-refractivity contribution in [1.29, 1.82) is 0 Å². The first-order valence-electron chi connectivity index (χ1n) is 6.39. The van der Waals surface area contributed by atoms with Crippen LogP contribution in [0.5, 0.6) is 0 Å². The smallest absolute Gasteiger partial charge is 0.251 e. The van der Waals surface area contributed by atoms with Crippen molar-refractivity contribution in [2.75, 3.05) is 18.5 Å². The second kappa shape index (κ2) is 7.56. The number of carbonyl (C=O) groups excluding carboxylic acids is 1. The molecule has 0 spiro atoms. The van der Waals surface area contributed by atoms with E-state index in [4.69, 9.17) is 11.6 Å². The number of aliphatic hydroxyl groups excluding tert-OH is 1. The number of benzene rings is 1. The Morgan fingerprint density at radius 2 is 1.95 bits per heavy atom. The van der Waals surface area contributed by atoms with E-state index in [1.54, 1.807) is 36.4 Å². The summed E-state index contributed by atoms with van der Waals surface area (Å²) in [6, 6.07) is 11.7. The minimum absolute atomic E-state index is 0.188. The highest BCUT2D eigenvalue weighted by Gasteiger charge is 2.12. The number of carbonyl (C=O) groups is 1. The zero-order valence-corrected chi connectivity index (χ0v) is 11.9. The van der Waals surface area contributed by atoms with Crippen LogP contribution in [-0.4, -0.2) is 40.4 Å². The molecular formula is C14H15ClN4O2. The molecule has 0 saturated carbocycles. The molecule has 1 amide bonds. The Labute approximate surface area is 127 Å². The van der Waals surface area contributed by atoms with E-state index in [9.17, 15) is 9.90 Å². The van der Waals surface area contributed by atoms with Gasteiger partial charge in [-0.1, -0.05) is 29.8 Å². The van der Waals surface area contributed by atoms with Crippen molar-refractivity contribution in [3.63, 3.8) is 0 Å². The van der Waals surface area contributed by atoms with E-state index >= 15 is 0 Å². The van der Waals surface area contributed by atoms with Crippen molar-refractivity contribution in [3.05, 3.63) is 53.2 Å². The van der Waals surface area contributed by atoms with E-state index in [-0.39, 0.29) is 12.5 Å². The van der Waals surface area contributed by atoms with Gasteiger partial charge in [-0.3, -0.25) is 4.79 Å². The molecule has 110 valence electrons. The molecule has 1 aromatic heterocycles. The Morgan fingerprint density at radius 1 is 1.19 bits per heavy atom. The Morgan fingerprint density at radius 3 is 2.57 bits per heavy atom. The molecule has 1 heterocycles. The number of hydrogen-bond acceptors (Lipinski definition) is 5. The fourth-order valence-electron chi connectivity index (χ4n) is 1.66. The lowest BCUT2D eigenvalue weighted by Gasteiger charge is -2.17. The summed E-state index contributed by atoms with van der Waals surface area (Å²) in [5, 5.41) is 22.9. The monoisotopic (exact) mass is 306 g/mol. The van der Waals surface area contributed by atoms with Gasteiger partial charge in [0, 0.05) is 12.1 Å². The van der Waals surface area contributed by atoms with Crippen LogP contribution >= 0.6 is 11.6 Å². The molecule has 0 aliphatic carbocycles. The maximum atomic E-state index is 12.0. The standard InChI is InChI=1S/C14H15ClN4O2/c15-12-6-7-13(19-18-12)16-8-11(9-20)17-14(21)10-4-2-1-3-5-10/h1-7,11,20H,8-9H2,(H,16,19)(H,17,21). The van der Waals surface area contributed by atoms with Crippen LogP contribution in [0, 0.1) is 0 Å². The molecular weight excluding hydrogens is 292 g/mol. The van der Waals surface area contributed by atoms with Gasteiger partial charge in [0.05, 0.1) is 12.6 Å². The lowest BCUT2D eigenvalue weighted by atomic mass is 10.2. The van der Waals surface area contributed by atoms with Crippen LogP contribution in [0.15, 0.2) is 42.5 Å². The normalized spacial score (nSPS) is 11.7. The molecule has 21 heavy (non-hydrogen) atoms. The van der Waals surface area contributed by atoms with Gasteiger partial charge >= 0.3 is 0 Å². The summed E-state index contributed by atoms with van der Waals surface area (Å²) in [6.45, 7) is 0.137. The highest BCUT2D eigenvalue weighted by Crippen LogP contribution is 2.06. The third kappa shape index (κ3) is 4.70. The van der Waals surface area contributed by atoms with Crippen molar-refractivity contribution >= 4 is 23.3 Å². The Bertz CT molecular complexity index is 577. The van der Waals surface area contributed by atoms with Crippen LogP contribution in [0.3, 0.4) is 0 Å². The largest absolute Gasteiger partial charge is 0.394 e. The van der Waals surface area contributed by atoms with Crippen LogP contribution in [0.25, 0.3) is 0 Å². The topological polar surface area (TPSA) is 87.1 Å². The fraction of sp³-hybridized carbons (Fsp3) is 0.214. The Kier molecular flexibility index (Phi) is 5.48. The van der Waals surface area contributed by atoms with Crippen molar-refractivity contribution in [3.8, 4) is 0 Å². The summed E-state index contributed by atoms with van der Waals surface area (Å²) < 4.78 is 0. The van der Waals surface area contributed by atoms with Gasteiger partial charge in [0.25, 0.3) is 5.91 Å². The molecule has 1 atom stereocenters. The fourth-order valence-corrected chi connectivity index (χ4v) is 1.76. The first kappa shape index (κ1) is 15.2. The van der Waals surface area contributed by atoms with Gasteiger partial charge in [-0.05, 0) is 24.3 Å². The highest BCUT2D eigenvalue weighted by atomic mass is 35.5. The quantitative estimate of drug-likeness (QED) is 0.749. The van der Waals surface area contributed by atoms with E-state index in [0.717, 1.165) is 0 Å². The molecule has 1 aromatic carbocycles. The Balaban J connectivity index is 1.88. The number of amides is 1. The summed E-state index contributed by atoms with van der Waals surface area (Å²) in [7, 11) is 0. The molecule has 0 aliphatic heterocycles. The summed E-state index contributed by atoms with van der Waals surface area (Å²) in [5.74, 6) is 0.283. The number of aliphatic hydroxyl groups is 1. The third-order valence-electron chi connectivity index (χ3n) is 2.75. The van der Waals surface area contributed by atoms with Crippen molar-refractivity contribution in [2.24, 2.45) is 0 Å². The zero-order valence-electron chi connectivity index (χ0n) is 11.2. The van der Waals surface area contributed by atoms with Gasteiger partial charge < -0.3 is 15.7 Å². The minimum Gasteiger partial charge on any atom is -0.394 e. The number of rotatable bonds is 6. The van der Waals surface area contributed by atoms with Crippen LogP contribution in [-0.2, 0) is 0 Å². The van der Waals surface area contributed by atoms with Crippen LogP contribution in [0.4, 0.5) is 5.82 Å². The average Bonchev–Trinajstić information content (AvgIpc) is 2.53. The third-order valence-corrected chi connectivity index (χ3v) is 2.95. The van der Waals surface area contributed by atoms with E-state index < -0.39 is 6.04 Å². The van der Waals surface area contributed by atoms with Crippen LogP contribution in [0.1, 0.15) is 10.4 Å². The zero-order chi connectivity index (χ0) is 15.1. The molecule has 3 N–H and O–H groups in total. The Hall–Kier alpha value is -2.18. The van der Waals surface area contributed by atoms with Gasteiger partial charge in [0.15, 0.2) is 5.15 Å². The first-order chi connectivity index (χ1) is 10.2. The number of hydrogen-bond donors (Lipinski definition) is 3. The van der Waals surface area contributed by atoms with Crippen molar-refractivity contribution in [2.45, 2.75) is 6.04 Å². The second-order valence-electron chi connectivity index (χ2n) is 4.34. The minimum atomic E-state index is -0.435. The molecule has 0 aliphatic rings. The van der Waals surface area contributed by atoms with Gasteiger partial charge in [0.1, 0.15) is 5.82 Å². The second-order valence-corrected chi connectivity index (χ2v) is 4.73. The van der Waals surface area contributed by atoms with Gasteiger partial charge in [0.2, 0.25) is 0 Å². The predicted molar refractivity (Wildman–Crippen MR) is 80.3 cm³/mol. The van der Waals surface area contributed by atoms with E-state index in [0.29, 0.717) is 23.1 Å². The molecule has 0 fully saturated rings. The number of halogens is 1. The van der Waals surface area contributed by atoms with Crippen molar-refractivity contribution in [1.82, 2.24) is 15.5 Å². The first-order valence-corrected chi connectivity index (χ1v) is 6.76. The number of nitrogens with zero attached hydrogens (tertiary/aromatic N) is 2. The molecule has 2 aromatic rings. The van der Waals surface area contributed by atoms with Crippen molar-refractivity contribution < 1.29 is 9.90 Å². The number of nitrogens with one attached hydrogen (secondary N) is 2. The van der Waals surface area contributed by atoms with Crippen LogP contribution < -0.4 is 10.6 Å². The summed E-state index contributed by atoms with van der Waals surface area (Å²) >= 11 is 5.64. The van der Waals surface area contributed by atoms with Gasteiger partial charge in [-0.15, -0.1) is 10.2 Å². The van der Waals surface area contributed by atoms with Gasteiger partial charge in [-0.2, -0.15) is 0 Å². The molecule has 7 heteroatoms. The van der Waals surface area contributed by atoms with Gasteiger partial charge in [-0.25, -0.2) is 0 Å². The average molecular weight is 307 g/mol.